The number of benzene rings is 2. The topological polar surface area (TPSA) is 44.8 Å². The number of aromatic amines is 1. The van der Waals surface area contributed by atoms with E-state index in [1.807, 2.05) is 54.7 Å². The predicted octanol–water partition coefficient (Wildman–Crippen LogP) is 5.27. The number of nitrogens with one attached hydrogen (secondary N) is 1. The summed E-state index contributed by atoms with van der Waals surface area (Å²) in [5.41, 5.74) is 5.82. The van der Waals surface area contributed by atoms with Crippen LogP contribution >= 0.6 is 11.6 Å². The number of imidazole rings is 1. The van der Waals surface area contributed by atoms with E-state index in [-0.39, 0.29) is 0 Å². The standard InChI is InChI=1S/C25H21ClN4/c26-21-8-5-19(6-9-21)20-7-11-22(27-16-20)10-3-18-4-12-23-24(15-18)29-25(28-23)17-30-13-1-2-14-30/h4-9,11-12,15-16H,1-2,13-14,17H2,(H,28,29). The predicted molar refractivity (Wildman–Crippen MR) is 121 cm³/mol. The van der Waals surface area contributed by atoms with Crippen molar-refractivity contribution in [3.63, 3.8) is 0 Å². The second kappa shape index (κ2) is 8.31. The van der Waals surface area contributed by atoms with Gasteiger partial charge in [-0.25, -0.2) is 9.97 Å². The van der Waals surface area contributed by atoms with Crippen molar-refractivity contribution in [3.05, 3.63) is 82.9 Å². The summed E-state index contributed by atoms with van der Waals surface area (Å²) in [5.74, 6) is 7.38. The lowest BCUT2D eigenvalue weighted by molar-refractivity contribution is 0.324. The van der Waals surface area contributed by atoms with Gasteiger partial charge in [0.2, 0.25) is 0 Å². The van der Waals surface area contributed by atoms with E-state index in [4.69, 9.17) is 16.6 Å². The Morgan fingerprint density at radius 1 is 0.933 bits per heavy atom. The molecule has 30 heavy (non-hydrogen) atoms. The largest absolute Gasteiger partial charge is 0.341 e. The van der Waals surface area contributed by atoms with Gasteiger partial charge in [-0.2, -0.15) is 0 Å². The second-order valence-electron chi connectivity index (χ2n) is 7.59. The molecule has 0 aliphatic carbocycles. The molecule has 0 atom stereocenters. The van der Waals surface area contributed by atoms with Crippen LogP contribution in [0.3, 0.4) is 0 Å². The molecule has 1 N–H and O–H groups in total. The summed E-state index contributed by atoms with van der Waals surface area (Å²) in [6.45, 7) is 3.22. The van der Waals surface area contributed by atoms with Gasteiger partial charge in [-0.05, 0) is 73.8 Å². The van der Waals surface area contributed by atoms with Gasteiger partial charge in [0.15, 0.2) is 0 Å². The maximum Gasteiger partial charge on any atom is 0.121 e. The van der Waals surface area contributed by atoms with Crippen LogP contribution in [-0.4, -0.2) is 32.9 Å². The first-order valence-corrected chi connectivity index (χ1v) is 10.6. The minimum absolute atomic E-state index is 0.728. The first-order valence-electron chi connectivity index (χ1n) is 10.2. The van der Waals surface area contributed by atoms with Crippen molar-refractivity contribution in [3.8, 4) is 23.0 Å². The van der Waals surface area contributed by atoms with Gasteiger partial charge in [0.1, 0.15) is 11.5 Å². The molecule has 1 fully saturated rings. The third kappa shape index (κ3) is 4.23. The number of H-pyrrole nitrogens is 1. The molecule has 0 radical (unpaired) electrons. The number of nitrogens with zero attached hydrogens (tertiary/aromatic N) is 3. The highest BCUT2D eigenvalue weighted by molar-refractivity contribution is 6.30. The van der Waals surface area contributed by atoms with E-state index in [2.05, 4.69) is 32.8 Å². The molecule has 2 aromatic heterocycles. The van der Waals surface area contributed by atoms with Crippen molar-refractivity contribution >= 4 is 22.6 Å². The highest BCUT2D eigenvalue weighted by Gasteiger charge is 2.13. The lowest BCUT2D eigenvalue weighted by Crippen LogP contribution is -2.19. The number of halogens is 1. The molecule has 0 spiro atoms. The van der Waals surface area contributed by atoms with Gasteiger partial charge >= 0.3 is 0 Å². The second-order valence-corrected chi connectivity index (χ2v) is 8.02. The smallest absolute Gasteiger partial charge is 0.121 e. The van der Waals surface area contributed by atoms with Gasteiger partial charge in [0.05, 0.1) is 17.6 Å². The van der Waals surface area contributed by atoms with Crippen molar-refractivity contribution in [2.75, 3.05) is 13.1 Å². The van der Waals surface area contributed by atoms with Crippen molar-refractivity contribution in [1.29, 1.82) is 0 Å². The summed E-state index contributed by atoms with van der Waals surface area (Å²) in [6.07, 6.45) is 4.41. The molecule has 0 saturated carbocycles. The number of pyridine rings is 1. The van der Waals surface area contributed by atoms with Crippen LogP contribution in [0.1, 0.15) is 29.9 Å². The summed E-state index contributed by atoms with van der Waals surface area (Å²) >= 11 is 5.96. The summed E-state index contributed by atoms with van der Waals surface area (Å²) in [4.78, 5) is 15.1. The van der Waals surface area contributed by atoms with Crippen LogP contribution in [0.25, 0.3) is 22.2 Å². The summed E-state index contributed by atoms with van der Waals surface area (Å²) in [5, 5.41) is 0.728. The fourth-order valence-corrected chi connectivity index (χ4v) is 3.91. The first-order chi connectivity index (χ1) is 14.7. The van der Waals surface area contributed by atoms with Crippen LogP contribution in [-0.2, 0) is 6.54 Å². The molecule has 4 nitrogen and oxygen atoms in total. The van der Waals surface area contributed by atoms with Gasteiger partial charge < -0.3 is 4.98 Å². The van der Waals surface area contributed by atoms with Gasteiger partial charge in [0, 0.05) is 22.3 Å². The normalized spacial score (nSPS) is 14.0. The number of likely N-dealkylation sites (tertiary alicyclic amines) is 1. The van der Waals surface area contributed by atoms with E-state index in [1.165, 1.54) is 12.8 Å². The van der Waals surface area contributed by atoms with Crippen LogP contribution in [0.4, 0.5) is 0 Å². The van der Waals surface area contributed by atoms with E-state index >= 15 is 0 Å². The van der Waals surface area contributed by atoms with Gasteiger partial charge in [0.25, 0.3) is 0 Å². The molecule has 0 unspecified atom stereocenters. The summed E-state index contributed by atoms with van der Waals surface area (Å²) < 4.78 is 0. The Morgan fingerprint density at radius 2 is 1.73 bits per heavy atom. The zero-order valence-electron chi connectivity index (χ0n) is 16.5. The zero-order valence-corrected chi connectivity index (χ0v) is 17.3. The molecular weight excluding hydrogens is 392 g/mol. The average molecular weight is 413 g/mol. The van der Waals surface area contributed by atoms with E-state index in [0.717, 1.165) is 63.9 Å². The molecule has 2 aromatic carbocycles. The lowest BCUT2D eigenvalue weighted by Gasteiger charge is -2.11. The SMILES string of the molecule is Clc1ccc(-c2ccc(C#Cc3ccc4[nH]c(CN5CCCC5)nc4c3)nc2)cc1. The number of rotatable bonds is 3. The van der Waals surface area contributed by atoms with E-state index < -0.39 is 0 Å². The third-order valence-corrected chi connectivity index (χ3v) is 5.63. The van der Waals surface area contributed by atoms with Crippen LogP contribution in [0.2, 0.25) is 5.02 Å². The molecule has 5 heteroatoms. The molecule has 0 bridgehead atoms. The quantitative estimate of drug-likeness (QED) is 0.466. The Balaban J connectivity index is 1.32. The summed E-state index contributed by atoms with van der Waals surface area (Å²) in [6, 6.07) is 17.8. The minimum atomic E-state index is 0.728. The van der Waals surface area contributed by atoms with Crippen molar-refractivity contribution in [2.24, 2.45) is 0 Å². The Bertz CT molecular complexity index is 1220. The van der Waals surface area contributed by atoms with Crippen molar-refractivity contribution in [1.82, 2.24) is 19.9 Å². The van der Waals surface area contributed by atoms with Crippen molar-refractivity contribution in [2.45, 2.75) is 19.4 Å². The van der Waals surface area contributed by atoms with E-state index in [1.54, 1.807) is 0 Å². The highest BCUT2D eigenvalue weighted by atomic mass is 35.5. The monoisotopic (exact) mass is 412 g/mol. The maximum absolute atomic E-state index is 5.96. The highest BCUT2D eigenvalue weighted by Crippen LogP contribution is 2.21. The van der Waals surface area contributed by atoms with Crippen LogP contribution in [0.15, 0.2) is 60.8 Å². The molecule has 1 saturated heterocycles. The average Bonchev–Trinajstić information content (AvgIpc) is 3.42. The van der Waals surface area contributed by atoms with Crippen LogP contribution < -0.4 is 0 Å². The molecular formula is C25H21ClN4. The number of hydrogen-bond acceptors (Lipinski definition) is 3. The van der Waals surface area contributed by atoms with Crippen molar-refractivity contribution < 1.29 is 0 Å². The van der Waals surface area contributed by atoms with Gasteiger partial charge in [-0.15, -0.1) is 0 Å². The Hall–Kier alpha value is -3.13. The fourth-order valence-electron chi connectivity index (χ4n) is 3.78. The van der Waals surface area contributed by atoms with Gasteiger partial charge in [-0.1, -0.05) is 35.7 Å². The molecule has 1 aliphatic heterocycles. The minimum Gasteiger partial charge on any atom is -0.341 e. The summed E-state index contributed by atoms with van der Waals surface area (Å²) in [7, 11) is 0. The number of fused-ring (bicyclic) bond motifs is 1. The third-order valence-electron chi connectivity index (χ3n) is 5.38. The number of hydrogen-bond donors (Lipinski definition) is 1. The first kappa shape index (κ1) is 18.9. The Labute approximate surface area is 180 Å². The fraction of sp³-hybridized carbons (Fsp3) is 0.200. The molecule has 0 amide bonds. The Kier molecular flexibility index (Phi) is 5.23. The molecule has 4 aromatic rings. The lowest BCUT2D eigenvalue weighted by atomic mass is 10.1. The molecule has 3 heterocycles. The van der Waals surface area contributed by atoms with E-state index in [9.17, 15) is 0 Å². The molecule has 5 rings (SSSR count). The van der Waals surface area contributed by atoms with Gasteiger partial charge in [-0.3, -0.25) is 4.90 Å². The maximum atomic E-state index is 5.96. The van der Waals surface area contributed by atoms with Crippen LogP contribution in [0, 0.1) is 11.8 Å². The van der Waals surface area contributed by atoms with Crippen LogP contribution in [0.5, 0.6) is 0 Å². The molecule has 148 valence electrons. The zero-order chi connectivity index (χ0) is 20.3. The van der Waals surface area contributed by atoms with E-state index in [0.29, 0.717) is 0 Å². The Morgan fingerprint density at radius 3 is 2.50 bits per heavy atom. The molecule has 1 aliphatic rings. The number of aromatic nitrogens is 3.